The molecule has 0 bridgehead atoms. The lowest BCUT2D eigenvalue weighted by atomic mass is 10.1. The second-order valence-corrected chi connectivity index (χ2v) is 13.1. The van der Waals surface area contributed by atoms with Gasteiger partial charge in [0.25, 0.3) is 0 Å². The molecule has 1 fully saturated rings. The molecule has 4 N–H and O–H groups in total. The Labute approximate surface area is 164 Å². The molecule has 3 heterocycles. The quantitative estimate of drug-likeness (QED) is 0.473. The first-order valence-corrected chi connectivity index (χ1v) is 13.2. The maximum Gasteiger partial charge on any atom is 0.172 e. The standard InChI is InChI=1S/C18H29N4O3PS/c1-5-10-27-18-21-13-11(19)6-8-20-16(13)22(18)17-15(24)14(23)12(25-17)7-9-26(2,3)4/h6,8,12,14-15,17,23-24H,2,5,7,9-10H2,1,3-4H3,(H2,19,20)/t12?,14-,15-,17-/m1/s1. The van der Waals surface area contributed by atoms with Gasteiger partial charge in [-0.1, -0.05) is 18.7 Å². The Morgan fingerprint density at radius 2 is 2.11 bits per heavy atom. The number of aromatic nitrogens is 3. The number of aliphatic hydroxyl groups excluding tert-OH is 2. The molecule has 0 spiro atoms. The minimum atomic E-state index is -1.24. The van der Waals surface area contributed by atoms with Crippen LogP contribution in [0, 0.1) is 0 Å². The number of fused-ring (bicyclic) bond motifs is 1. The van der Waals surface area contributed by atoms with Crippen molar-refractivity contribution in [2.45, 2.75) is 49.5 Å². The van der Waals surface area contributed by atoms with Crippen LogP contribution in [0.25, 0.3) is 11.2 Å². The summed E-state index contributed by atoms with van der Waals surface area (Å²) in [7, 11) is 0. The van der Waals surface area contributed by atoms with Gasteiger partial charge in [0, 0.05) is 11.9 Å². The summed E-state index contributed by atoms with van der Waals surface area (Å²) in [6.45, 7) is 5.16. The van der Waals surface area contributed by atoms with E-state index in [-0.39, 0.29) is 0 Å². The van der Waals surface area contributed by atoms with E-state index in [1.165, 1.54) is 0 Å². The van der Waals surface area contributed by atoms with Crippen LogP contribution in [0.1, 0.15) is 26.0 Å². The van der Waals surface area contributed by atoms with Gasteiger partial charge in [-0.15, -0.1) is 13.2 Å². The number of nitrogens with two attached hydrogens (primary N) is 1. The molecular formula is C18H29N4O3PS. The summed E-state index contributed by atoms with van der Waals surface area (Å²) in [5.74, 6) is 0.873. The molecule has 1 aliphatic rings. The van der Waals surface area contributed by atoms with Crippen molar-refractivity contribution in [1.29, 1.82) is 0 Å². The summed E-state index contributed by atoms with van der Waals surface area (Å²) in [5, 5.41) is 22.0. The number of rotatable bonds is 7. The van der Waals surface area contributed by atoms with E-state index in [0.717, 1.165) is 18.3 Å². The highest BCUT2D eigenvalue weighted by Gasteiger charge is 2.45. The Balaban J connectivity index is 1.95. The molecule has 1 saturated heterocycles. The Morgan fingerprint density at radius 1 is 1.37 bits per heavy atom. The van der Waals surface area contributed by atoms with Crippen molar-refractivity contribution < 1.29 is 14.9 Å². The van der Waals surface area contributed by atoms with Crippen LogP contribution in [0.15, 0.2) is 17.4 Å². The van der Waals surface area contributed by atoms with Gasteiger partial charge in [0.15, 0.2) is 17.0 Å². The largest absolute Gasteiger partial charge is 0.397 e. The van der Waals surface area contributed by atoms with Crippen molar-refractivity contribution in [3.05, 3.63) is 12.3 Å². The van der Waals surface area contributed by atoms with Gasteiger partial charge in [-0.05, 0) is 38.4 Å². The van der Waals surface area contributed by atoms with Gasteiger partial charge in [-0.3, -0.25) is 4.57 Å². The fourth-order valence-electron chi connectivity index (χ4n) is 3.17. The third kappa shape index (κ3) is 4.35. The van der Waals surface area contributed by atoms with Crippen LogP contribution in [0.3, 0.4) is 0 Å². The summed E-state index contributed by atoms with van der Waals surface area (Å²) in [5.41, 5.74) is 7.76. The van der Waals surface area contributed by atoms with Crippen molar-refractivity contribution in [1.82, 2.24) is 14.5 Å². The first-order valence-electron chi connectivity index (χ1n) is 9.17. The van der Waals surface area contributed by atoms with E-state index in [9.17, 15) is 10.2 Å². The molecule has 150 valence electrons. The second-order valence-electron chi connectivity index (χ2n) is 7.68. The molecule has 0 aromatic carbocycles. The number of ether oxygens (including phenoxy) is 1. The highest BCUT2D eigenvalue weighted by atomic mass is 32.2. The lowest BCUT2D eigenvalue weighted by molar-refractivity contribution is -0.0400. The van der Waals surface area contributed by atoms with E-state index < -0.39 is 31.4 Å². The first kappa shape index (κ1) is 20.7. The lowest BCUT2D eigenvalue weighted by Crippen LogP contribution is -2.32. The van der Waals surface area contributed by atoms with Crippen LogP contribution in [-0.4, -0.2) is 74.6 Å². The molecule has 0 radical (unpaired) electrons. The zero-order valence-electron chi connectivity index (χ0n) is 16.1. The first-order chi connectivity index (χ1) is 12.7. The monoisotopic (exact) mass is 412 g/mol. The Morgan fingerprint density at radius 3 is 2.78 bits per heavy atom. The van der Waals surface area contributed by atoms with E-state index >= 15 is 0 Å². The Hall–Kier alpha value is -1.05. The third-order valence-electron chi connectivity index (χ3n) is 4.62. The van der Waals surface area contributed by atoms with Crippen LogP contribution < -0.4 is 5.73 Å². The molecule has 0 amide bonds. The van der Waals surface area contributed by atoms with Crippen molar-refractivity contribution in [2.24, 2.45) is 0 Å². The van der Waals surface area contributed by atoms with E-state index in [2.05, 4.69) is 36.5 Å². The van der Waals surface area contributed by atoms with Crippen molar-refractivity contribution in [3.8, 4) is 0 Å². The minimum Gasteiger partial charge on any atom is -0.397 e. The number of anilines is 1. The molecule has 2 aromatic rings. The number of imidazole rings is 1. The number of hydrogen-bond donors (Lipinski definition) is 3. The molecule has 1 unspecified atom stereocenters. The number of pyridine rings is 1. The Bertz CT molecular complexity index is 852. The molecule has 4 atom stereocenters. The summed E-state index contributed by atoms with van der Waals surface area (Å²) >= 11 is 1.57. The van der Waals surface area contributed by atoms with Crippen molar-refractivity contribution in [2.75, 3.05) is 31.0 Å². The van der Waals surface area contributed by atoms with Crippen LogP contribution in [0.5, 0.6) is 0 Å². The van der Waals surface area contributed by atoms with Crippen LogP contribution in [-0.2, 0) is 4.74 Å². The average Bonchev–Trinajstić information content (AvgIpc) is 3.10. The van der Waals surface area contributed by atoms with Gasteiger partial charge in [-0.25, -0.2) is 9.97 Å². The molecule has 0 saturated carbocycles. The molecular weight excluding hydrogens is 383 g/mol. The normalized spacial score (nSPS) is 26.1. The summed E-state index contributed by atoms with van der Waals surface area (Å²) in [6, 6.07) is 1.71. The van der Waals surface area contributed by atoms with Gasteiger partial charge >= 0.3 is 0 Å². The highest BCUT2D eigenvalue weighted by Crippen LogP contribution is 2.41. The molecule has 2 aromatic heterocycles. The van der Waals surface area contributed by atoms with Gasteiger partial charge in [0.1, 0.15) is 17.7 Å². The average molecular weight is 412 g/mol. The summed E-state index contributed by atoms with van der Waals surface area (Å²) < 4.78 is 7.90. The number of nitrogens with zero attached hydrogens (tertiary/aromatic N) is 3. The third-order valence-corrected chi connectivity index (χ3v) is 7.25. The molecule has 9 heteroatoms. The number of hydrogen-bond acceptors (Lipinski definition) is 7. The number of aliphatic hydroxyl groups is 2. The molecule has 27 heavy (non-hydrogen) atoms. The summed E-state index contributed by atoms with van der Waals surface area (Å²) in [4.78, 5) is 9.04. The predicted molar refractivity (Wildman–Crippen MR) is 114 cm³/mol. The van der Waals surface area contributed by atoms with Gasteiger partial charge in [-0.2, -0.15) is 0 Å². The van der Waals surface area contributed by atoms with Crippen LogP contribution in [0.2, 0.25) is 0 Å². The van der Waals surface area contributed by atoms with E-state index in [1.54, 1.807) is 28.6 Å². The predicted octanol–water partition coefficient (Wildman–Crippen LogP) is 2.23. The molecule has 3 rings (SSSR count). The molecule has 7 nitrogen and oxygen atoms in total. The second kappa shape index (κ2) is 8.13. The number of nitrogen functional groups attached to an aromatic ring is 1. The maximum atomic E-state index is 10.7. The van der Waals surface area contributed by atoms with E-state index in [4.69, 9.17) is 10.5 Å². The fraction of sp³-hybridized carbons (Fsp3) is 0.611. The smallest absolute Gasteiger partial charge is 0.172 e. The zero-order chi connectivity index (χ0) is 19.8. The SMILES string of the molecule is C=P(C)(C)CCC1O[C@@H](n2c(SCCC)nc3c(N)ccnc32)[C@H](O)[C@@H]1O. The van der Waals surface area contributed by atoms with Gasteiger partial charge < -0.3 is 20.7 Å². The topological polar surface area (TPSA) is 106 Å². The van der Waals surface area contributed by atoms with Crippen LogP contribution >= 0.6 is 18.6 Å². The lowest BCUT2D eigenvalue weighted by Gasteiger charge is -2.19. The molecule has 1 aliphatic heterocycles. The van der Waals surface area contributed by atoms with Crippen molar-refractivity contribution in [3.63, 3.8) is 0 Å². The number of thioether (sulfide) groups is 1. The highest BCUT2D eigenvalue weighted by molar-refractivity contribution is 7.99. The maximum absolute atomic E-state index is 10.7. The van der Waals surface area contributed by atoms with E-state index in [0.29, 0.717) is 28.4 Å². The van der Waals surface area contributed by atoms with Gasteiger partial charge in [0.05, 0.1) is 11.8 Å². The Kier molecular flexibility index (Phi) is 6.23. The zero-order valence-corrected chi connectivity index (χ0v) is 17.8. The summed E-state index contributed by atoms with van der Waals surface area (Å²) in [6.07, 6.45) is 5.19. The molecule has 0 aliphatic carbocycles. The fourth-order valence-corrected chi connectivity index (χ4v) is 5.00. The van der Waals surface area contributed by atoms with Gasteiger partial charge in [0.2, 0.25) is 0 Å². The van der Waals surface area contributed by atoms with Crippen LogP contribution in [0.4, 0.5) is 5.69 Å². The minimum absolute atomic E-state index is 0.437. The van der Waals surface area contributed by atoms with E-state index in [1.807, 2.05) is 0 Å². The van der Waals surface area contributed by atoms with Crippen molar-refractivity contribution >= 4 is 41.8 Å².